The molecule has 0 radical (unpaired) electrons. The van der Waals surface area contributed by atoms with Crippen LogP contribution in [0.1, 0.15) is 16.4 Å². The van der Waals surface area contributed by atoms with E-state index in [1.165, 1.54) is 11.0 Å². The lowest BCUT2D eigenvalue weighted by molar-refractivity contribution is 0.0690. The average Bonchev–Trinajstić information content (AvgIpc) is 3.10. The lowest BCUT2D eigenvalue weighted by atomic mass is 10.3. The molecule has 0 fully saturated rings. The number of carbonyl (C=O) groups is 1. The van der Waals surface area contributed by atoms with Crippen molar-refractivity contribution >= 4 is 5.97 Å². The van der Waals surface area contributed by atoms with Crippen molar-refractivity contribution in [3.05, 3.63) is 48.6 Å². The van der Waals surface area contributed by atoms with Gasteiger partial charge in [0.25, 0.3) is 0 Å². The minimum absolute atomic E-state index is 0.134. The van der Waals surface area contributed by atoms with Gasteiger partial charge in [-0.15, -0.1) is 5.10 Å². The highest BCUT2D eigenvalue weighted by Crippen LogP contribution is 2.10. The maximum Gasteiger partial charge on any atom is 0.357 e. The SMILES string of the molecule is O=C(O)c1coc(Cn2cnc(-c3ccccn3)n2)n1. The van der Waals surface area contributed by atoms with Crippen molar-refractivity contribution in [3.63, 3.8) is 0 Å². The summed E-state index contributed by atoms with van der Waals surface area (Å²) in [6.07, 6.45) is 4.26. The summed E-state index contributed by atoms with van der Waals surface area (Å²) in [5.41, 5.74) is 0.523. The molecule has 8 nitrogen and oxygen atoms in total. The van der Waals surface area contributed by atoms with Crippen molar-refractivity contribution < 1.29 is 14.3 Å². The van der Waals surface area contributed by atoms with Gasteiger partial charge in [0.1, 0.15) is 24.8 Å². The van der Waals surface area contributed by atoms with E-state index in [2.05, 4.69) is 20.1 Å². The van der Waals surface area contributed by atoms with Crippen LogP contribution in [0.3, 0.4) is 0 Å². The fourth-order valence-corrected chi connectivity index (χ4v) is 1.60. The van der Waals surface area contributed by atoms with Crippen LogP contribution < -0.4 is 0 Å². The molecule has 0 aliphatic carbocycles. The van der Waals surface area contributed by atoms with Crippen LogP contribution in [-0.2, 0) is 6.54 Å². The predicted octanol–water partition coefficient (Wildman–Crippen LogP) is 1.07. The predicted molar refractivity (Wildman–Crippen MR) is 65.8 cm³/mol. The van der Waals surface area contributed by atoms with Gasteiger partial charge in [-0.3, -0.25) is 4.98 Å². The van der Waals surface area contributed by atoms with Crippen LogP contribution in [0.5, 0.6) is 0 Å². The molecular formula is C12H9N5O3. The third kappa shape index (κ3) is 2.39. The van der Waals surface area contributed by atoms with E-state index in [-0.39, 0.29) is 18.1 Å². The molecule has 20 heavy (non-hydrogen) atoms. The van der Waals surface area contributed by atoms with Gasteiger partial charge in [-0.2, -0.15) is 0 Å². The highest BCUT2D eigenvalue weighted by molar-refractivity contribution is 5.84. The van der Waals surface area contributed by atoms with Gasteiger partial charge in [0.2, 0.25) is 5.89 Å². The Morgan fingerprint density at radius 1 is 1.35 bits per heavy atom. The first-order valence-corrected chi connectivity index (χ1v) is 5.71. The highest BCUT2D eigenvalue weighted by atomic mass is 16.4. The van der Waals surface area contributed by atoms with Gasteiger partial charge in [-0.1, -0.05) is 6.07 Å². The van der Waals surface area contributed by atoms with E-state index >= 15 is 0 Å². The first-order chi connectivity index (χ1) is 9.72. The summed E-state index contributed by atoms with van der Waals surface area (Å²) < 4.78 is 6.55. The van der Waals surface area contributed by atoms with Crippen molar-refractivity contribution in [3.8, 4) is 11.5 Å². The molecule has 3 aromatic heterocycles. The molecule has 3 aromatic rings. The zero-order valence-corrected chi connectivity index (χ0v) is 10.2. The second-order valence-corrected chi connectivity index (χ2v) is 3.91. The molecule has 8 heteroatoms. The van der Waals surface area contributed by atoms with Crippen LogP contribution in [0.2, 0.25) is 0 Å². The number of pyridine rings is 1. The summed E-state index contributed by atoms with van der Waals surface area (Å²) >= 11 is 0. The first-order valence-electron chi connectivity index (χ1n) is 5.71. The van der Waals surface area contributed by atoms with Gasteiger partial charge in [-0.25, -0.2) is 19.4 Å². The third-order valence-corrected chi connectivity index (χ3v) is 2.50. The zero-order chi connectivity index (χ0) is 13.9. The Bertz CT molecular complexity index is 734. The summed E-state index contributed by atoms with van der Waals surface area (Å²) in [4.78, 5) is 22.8. The van der Waals surface area contributed by atoms with Crippen molar-refractivity contribution in [2.75, 3.05) is 0 Å². The summed E-state index contributed by atoms with van der Waals surface area (Å²) in [7, 11) is 0. The molecule has 0 saturated carbocycles. The number of aromatic carboxylic acids is 1. The average molecular weight is 271 g/mol. The molecule has 0 unspecified atom stereocenters. The number of hydrogen-bond acceptors (Lipinski definition) is 6. The topological polar surface area (TPSA) is 107 Å². The third-order valence-electron chi connectivity index (χ3n) is 2.50. The molecule has 3 rings (SSSR count). The Hall–Kier alpha value is -3.03. The minimum Gasteiger partial charge on any atom is -0.476 e. The largest absolute Gasteiger partial charge is 0.476 e. The van der Waals surface area contributed by atoms with Crippen LogP contribution in [-0.4, -0.2) is 35.8 Å². The number of aromatic nitrogens is 5. The van der Waals surface area contributed by atoms with Crippen LogP contribution >= 0.6 is 0 Å². The maximum atomic E-state index is 10.7. The molecule has 0 bridgehead atoms. The number of hydrogen-bond donors (Lipinski definition) is 1. The standard InChI is InChI=1S/C12H9N5O3/c18-12(19)9-6-20-10(15-9)5-17-7-14-11(16-17)8-3-1-2-4-13-8/h1-4,6-7H,5H2,(H,18,19). The lowest BCUT2D eigenvalue weighted by Gasteiger charge is -1.95. The Balaban J connectivity index is 1.78. The van der Waals surface area contributed by atoms with Crippen molar-refractivity contribution in [2.45, 2.75) is 6.54 Å². The number of oxazole rings is 1. The first kappa shape index (κ1) is 12.0. The molecular weight excluding hydrogens is 262 g/mol. The normalized spacial score (nSPS) is 10.6. The maximum absolute atomic E-state index is 10.7. The van der Waals surface area contributed by atoms with Crippen molar-refractivity contribution in [1.29, 1.82) is 0 Å². The Labute approximate surface area is 112 Å². The van der Waals surface area contributed by atoms with E-state index in [9.17, 15) is 4.79 Å². The molecule has 0 aliphatic heterocycles. The van der Waals surface area contributed by atoms with E-state index in [1.54, 1.807) is 18.3 Å². The van der Waals surface area contributed by atoms with Gasteiger partial charge < -0.3 is 9.52 Å². The summed E-state index contributed by atoms with van der Waals surface area (Å²) in [6.45, 7) is 0.202. The van der Waals surface area contributed by atoms with Crippen LogP contribution in [0.25, 0.3) is 11.5 Å². The summed E-state index contributed by atoms with van der Waals surface area (Å²) in [6, 6.07) is 5.45. The van der Waals surface area contributed by atoms with Gasteiger partial charge in [0, 0.05) is 6.20 Å². The quantitative estimate of drug-likeness (QED) is 0.756. The number of carboxylic acid groups (broad SMARTS) is 1. The minimum atomic E-state index is -1.13. The lowest BCUT2D eigenvalue weighted by Crippen LogP contribution is -2.02. The van der Waals surface area contributed by atoms with Crippen LogP contribution in [0.4, 0.5) is 0 Å². The molecule has 0 atom stereocenters. The van der Waals surface area contributed by atoms with E-state index in [4.69, 9.17) is 9.52 Å². The Kier molecular flexibility index (Phi) is 2.96. The van der Waals surface area contributed by atoms with Crippen LogP contribution in [0, 0.1) is 0 Å². The molecule has 1 N–H and O–H groups in total. The zero-order valence-electron chi connectivity index (χ0n) is 10.2. The van der Waals surface area contributed by atoms with E-state index in [0.29, 0.717) is 11.5 Å². The van der Waals surface area contributed by atoms with Gasteiger partial charge in [0.05, 0.1) is 0 Å². The van der Waals surface area contributed by atoms with Gasteiger partial charge in [-0.05, 0) is 12.1 Å². The molecule has 0 aliphatic rings. The van der Waals surface area contributed by atoms with Gasteiger partial charge >= 0.3 is 5.97 Å². The fraction of sp³-hybridized carbons (Fsp3) is 0.0833. The van der Waals surface area contributed by atoms with Crippen molar-refractivity contribution in [2.24, 2.45) is 0 Å². The van der Waals surface area contributed by atoms with Crippen LogP contribution in [0.15, 0.2) is 41.4 Å². The number of nitrogens with zero attached hydrogens (tertiary/aromatic N) is 5. The van der Waals surface area contributed by atoms with E-state index in [1.807, 2.05) is 6.07 Å². The molecule has 3 heterocycles. The van der Waals surface area contributed by atoms with E-state index in [0.717, 1.165) is 6.26 Å². The molecule has 0 saturated heterocycles. The molecule has 0 aromatic carbocycles. The van der Waals surface area contributed by atoms with Crippen molar-refractivity contribution in [1.82, 2.24) is 24.7 Å². The Morgan fingerprint density at radius 3 is 2.95 bits per heavy atom. The smallest absolute Gasteiger partial charge is 0.357 e. The monoisotopic (exact) mass is 271 g/mol. The molecule has 0 spiro atoms. The highest BCUT2D eigenvalue weighted by Gasteiger charge is 2.12. The van der Waals surface area contributed by atoms with E-state index < -0.39 is 5.97 Å². The molecule has 0 amide bonds. The number of rotatable bonds is 4. The Morgan fingerprint density at radius 2 is 2.25 bits per heavy atom. The molecule has 100 valence electrons. The van der Waals surface area contributed by atoms with Gasteiger partial charge in [0.15, 0.2) is 11.5 Å². The second kappa shape index (κ2) is 4.92. The summed E-state index contributed by atoms with van der Waals surface area (Å²) in [5.74, 6) is -0.400. The number of carboxylic acids is 1. The fourth-order valence-electron chi connectivity index (χ4n) is 1.60. The summed E-state index contributed by atoms with van der Waals surface area (Å²) in [5, 5.41) is 13.0. The second-order valence-electron chi connectivity index (χ2n) is 3.91.